The van der Waals surface area contributed by atoms with E-state index in [4.69, 9.17) is 0 Å². The Morgan fingerprint density at radius 3 is 1.02 bits per heavy atom. The Kier molecular flexibility index (Phi) is 7.64. The molecule has 13 aromatic rings. The standard InChI is InChI=1S/C60H38N2/c1-2-16-39(17-3-1)52-38-53(40-30-34-42(35-31-40)61-54-26-12-8-20-46(54)47-21-9-13-27-55(47)61)59-50-24-6-4-18-44(50)45-19-5-7-25-51(45)60(59)58(52)41-32-36-43(37-33-41)62-56-28-14-10-22-48(56)49-23-11-15-29-57(49)62/h1-38H. The molecule has 0 aliphatic rings. The zero-order valence-corrected chi connectivity index (χ0v) is 33.8. The first-order valence-electron chi connectivity index (χ1n) is 21.4. The van der Waals surface area contributed by atoms with Crippen LogP contribution in [0.15, 0.2) is 231 Å². The third kappa shape index (κ3) is 5.11. The molecule has 2 aromatic heterocycles. The van der Waals surface area contributed by atoms with Gasteiger partial charge in [-0.05, 0) is 120 Å². The van der Waals surface area contributed by atoms with Gasteiger partial charge >= 0.3 is 0 Å². The Morgan fingerprint density at radius 1 is 0.226 bits per heavy atom. The van der Waals surface area contributed by atoms with Crippen molar-refractivity contribution in [1.82, 2.24) is 9.13 Å². The lowest BCUT2D eigenvalue weighted by Crippen LogP contribution is -1.97. The van der Waals surface area contributed by atoms with Crippen LogP contribution in [-0.2, 0) is 0 Å². The minimum Gasteiger partial charge on any atom is -0.309 e. The second kappa shape index (κ2) is 13.7. The van der Waals surface area contributed by atoms with Crippen molar-refractivity contribution < 1.29 is 0 Å². The molecular formula is C60H38N2. The minimum atomic E-state index is 1.15. The summed E-state index contributed by atoms with van der Waals surface area (Å²) in [7, 11) is 0. The number of hydrogen-bond donors (Lipinski definition) is 0. The van der Waals surface area contributed by atoms with E-state index in [2.05, 4.69) is 240 Å². The fourth-order valence-electron chi connectivity index (χ4n) is 10.4. The molecule has 0 atom stereocenters. The molecule has 2 heterocycles. The lowest BCUT2D eigenvalue weighted by atomic mass is 9.81. The van der Waals surface area contributed by atoms with Gasteiger partial charge in [0.25, 0.3) is 0 Å². The SMILES string of the molecule is c1ccc(-c2cc(-c3ccc(-n4c5ccccc5c5ccccc54)cc3)c3c4ccccc4c4ccccc4c3c2-c2ccc(-n3c4ccccc4c4ccccc43)cc2)cc1. The van der Waals surface area contributed by atoms with Crippen molar-refractivity contribution in [3.63, 3.8) is 0 Å². The van der Waals surface area contributed by atoms with Crippen LogP contribution in [0.5, 0.6) is 0 Å². The highest BCUT2D eigenvalue weighted by atomic mass is 15.0. The van der Waals surface area contributed by atoms with Crippen LogP contribution in [0, 0.1) is 0 Å². The van der Waals surface area contributed by atoms with Crippen molar-refractivity contribution in [2.24, 2.45) is 0 Å². The number of aromatic nitrogens is 2. The monoisotopic (exact) mass is 786 g/mol. The number of hydrogen-bond acceptors (Lipinski definition) is 0. The van der Waals surface area contributed by atoms with E-state index in [0.717, 1.165) is 11.4 Å². The Hall–Kier alpha value is -8.20. The van der Waals surface area contributed by atoms with Crippen LogP contribution in [0.2, 0.25) is 0 Å². The molecule has 11 aromatic carbocycles. The van der Waals surface area contributed by atoms with Gasteiger partial charge in [-0.3, -0.25) is 0 Å². The molecule has 0 unspecified atom stereocenters. The molecule has 0 bridgehead atoms. The van der Waals surface area contributed by atoms with Crippen molar-refractivity contribution in [2.75, 3.05) is 0 Å². The van der Waals surface area contributed by atoms with Gasteiger partial charge < -0.3 is 9.13 Å². The second-order valence-electron chi connectivity index (χ2n) is 16.4. The van der Waals surface area contributed by atoms with Crippen LogP contribution >= 0.6 is 0 Å². The zero-order valence-electron chi connectivity index (χ0n) is 33.8. The summed E-state index contributed by atoms with van der Waals surface area (Å²) in [5.74, 6) is 0. The van der Waals surface area contributed by atoms with Crippen molar-refractivity contribution in [3.8, 4) is 44.8 Å². The van der Waals surface area contributed by atoms with Crippen molar-refractivity contribution in [3.05, 3.63) is 231 Å². The molecule has 2 nitrogen and oxygen atoms in total. The first kappa shape index (κ1) is 34.6. The third-order valence-corrected chi connectivity index (χ3v) is 13.1. The van der Waals surface area contributed by atoms with Crippen LogP contribution in [0.4, 0.5) is 0 Å². The largest absolute Gasteiger partial charge is 0.309 e. The third-order valence-electron chi connectivity index (χ3n) is 13.1. The van der Waals surface area contributed by atoms with Crippen molar-refractivity contribution in [2.45, 2.75) is 0 Å². The predicted molar refractivity (Wildman–Crippen MR) is 264 cm³/mol. The quantitative estimate of drug-likeness (QED) is 0.154. The molecule has 0 saturated heterocycles. The topological polar surface area (TPSA) is 9.86 Å². The number of rotatable bonds is 5. The summed E-state index contributed by atoms with van der Waals surface area (Å²) >= 11 is 0. The van der Waals surface area contributed by atoms with Crippen molar-refractivity contribution >= 4 is 75.9 Å². The fraction of sp³-hybridized carbons (Fsp3) is 0. The van der Waals surface area contributed by atoms with E-state index in [9.17, 15) is 0 Å². The van der Waals surface area contributed by atoms with Crippen LogP contribution in [0.25, 0.3) is 121 Å². The van der Waals surface area contributed by atoms with Gasteiger partial charge in [-0.2, -0.15) is 0 Å². The van der Waals surface area contributed by atoms with E-state index in [0.29, 0.717) is 0 Å². The first-order valence-corrected chi connectivity index (χ1v) is 21.4. The summed E-state index contributed by atoms with van der Waals surface area (Å²) in [6, 6.07) is 84.8. The van der Waals surface area contributed by atoms with Crippen molar-refractivity contribution in [1.29, 1.82) is 0 Å². The molecule has 0 aliphatic heterocycles. The Balaban J connectivity index is 1.09. The number of fused-ring (bicyclic) bond motifs is 12. The smallest absolute Gasteiger partial charge is 0.0541 e. The maximum Gasteiger partial charge on any atom is 0.0541 e. The highest BCUT2D eigenvalue weighted by molar-refractivity contribution is 6.33. The highest BCUT2D eigenvalue weighted by Crippen LogP contribution is 2.49. The molecule has 0 aliphatic carbocycles. The predicted octanol–water partition coefficient (Wildman–Crippen LogP) is 16.3. The summed E-state index contributed by atoms with van der Waals surface area (Å²) in [5, 5.41) is 12.6. The van der Waals surface area contributed by atoms with Gasteiger partial charge in [-0.25, -0.2) is 0 Å². The van der Waals surface area contributed by atoms with Gasteiger partial charge in [0.2, 0.25) is 0 Å². The van der Waals surface area contributed by atoms with Gasteiger partial charge in [0, 0.05) is 32.9 Å². The Morgan fingerprint density at radius 2 is 0.565 bits per heavy atom. The highest BCUT2D eigenvalue weighted by Gasteiger charge is 2.22. The van der Waals surface area contributed by atoms with Gasteiger partial charge in [-0.15, -0.1) is 0 Å². The van der Waals surface area contributed by atoms with E-state index < -0.39 is 0 Å². The summed E-state index contributed by atoms with van der Waals surface area (Å²) < 4.78 is 4.80. The lowest BCUT2D eigenvalue weighted by molar-refractivity contribution is 1.18. The number of para-hydroxylation sites is 4. The van der Waals surface area contributed by atoms with Gasteiger partial charge in [0.05, 0.1) is 22.1 Å². The molecule has 0 radical (unpaired) electrons. The lowest BCUT2D eigenvalue weighted by Gasteiger charge is -2.22. The van der Waals surface area contributed by atoms with Gasteiger partial charge in [0.15, 0.2) is 0 Å². The van der Waals surface area contributed by atoms with Crippen LogP contribution in [0.1, 0.15) is 0 Å². The summed E-state index contributed by atoms with van der Waals surface area (Å²) in [5.41, 5.74) is 14.4. The molecule has 62 heavy (non-hydrogen) atoms. The fourth-order valence-corrected chi connectivity index (χ4v) is 10.4. The summed E-state index contributed by atoms with van der Waals surface area (Å²) in [6.45, 7) is 0. The van der Waals surface area contributed by atoms with E-state index in [1.54, 1.807) is 0 Å². The van der Waals surface area contributed by atoms with E-state index in [1.807, 2.05) is 0 Å². The molecule has 288 valence electrons. The van der Waals surface area contributed by atoms with Gasteiger partial charge in [0.1, 0.15) is 0 Å². The minimum absolute atomic E-state index is 1.15. The van der Waals surface area contributed by atoms with E-state index in [-0.39, 0.29) is 0 Å². The number of nitrogens with zero attached hydrogens (tertiary/aromatic N) is 2. The Labute approximate surface area is 358 Å². The average molecular weight is 787 g/mol. The maximum atomic E-state index is 2.46. The molecular weight excluding hydrogens is 749 g/mol. The summed E-state index contributed by atoms with van der Waals surface area (Å²) in [6.07, 6.45) is 0. The zero-order chi connectivity index (χ0) is 40.7. The number of benzene rings is 11. The van der Waals surface area contributed by atoms with Gasteiger partial charge in [-0.1, -0.05) is 176 Å². The molecule has 2 heteroatoms. The molecule has 0 spiro atoms. The molecule has 13 rings (SSSR count). The average Bonchev–Trinajstić information content (AvgIpc) is 3.87. The van der Waals surface area contributed by atoms with E-state index >= 15 is 0 Å². The molecule has 0 amide bonds. The second-order valence-corrected chi connectivity index (χ2v) is 16.4. The van der Waals surface area contributed by atoms with Crippen LogP contribution < -0.4 is 0 Å². The normalized spacial score (nSPS) is 11.9. The molecule has 0 fully saturated rings. The first-order chi connectivity index (χ1) is 30.8. The van der Waals surface area contributed by atoms with Crippen LogP contribution in [-0.4, -0.2) is 9.13 Å². The van der Waals surface area contributed by atoms with E-state index in [1.165, 1.54) is 109 Å². The maximum absolute atomic E-state index is 2.46. The molecule has 0 N–H and O–H groups in total. The molecule has 0 saturated carbocycles. The Bertz CT molecular complexity index is 3780. The van der Waals surface area contributed by atoms with Crippen LogP contribution in [0.3, 0.4) is 0 Å². The summed E-state index contributed by atoms with van der Waals surface area (Å²) in [4.78, 5) is 0.